The maximum atomic E-state index is 12.5. The molecule has 4 rings (SSSR count). The van der Waals surface area contributed by atoms with Gasteiger partial charge in [-0.2, -0.15) is 0 Å². The molecule has 1 heterocycles. The molecule has 1 N–H and O–H groups in total. The quantitative estimate of drug-likeness (QED) is 0.276. The largest absolute Gasteiger partial charge is 0.497 e. The average molecular weight is 488 g/mol. The molecule has 0 atom stereocenters. The second kappa shape index (κ2) is 12.1. The molecule has 0 aliphatic heterocycles. The SMILES string of the molecule is COc1ccc(Cn2c(CCCCCNC(=O)c3ccc(OC)c(OC)c3)nc3ccccc32)cc1. The van der Waals surface area contributed by atoms with E-state index in [4.69, 9.17) is 19.2 Å². The Labute approximate surface area is 212 Å². The molecule has 36 heavy (non-hydrogen) atoms. The summed E-state index contributed by atoms with van der Waals surface area (Å²) < 4.78 is 18.1. The lowest BCUT2D eigenvalue weighted by molar-refractivity contribution is 0.0952. The second-order valence-corrected chi connectivity index (χ2v) is 8.59. The van der Waals surface area contributed by atoms with Crippen LogP contribution in [0.5, 0.6) is 17.2 Å². The molecular weight excluding hydrogens is 454 g/mol. The molecule has 4 aromatic rings. The number of para-hydroxylation sites is 2. The van der Waals surface area contributed by atoms with E-state index in [0.29, 0.717) is 23.6 Å². The fourth-order valence-corrected chi connectivity index (χ4v) is 4.27. The van der Waals surface area contributed by atoms with Crippen molar-refractivity contribution in [2.75, 3.05) is 27.9 Å². The summed E-state index contributed by atoms with van der Waals surface area (Å²) in [6.45, 7) is 1.39. The maximum Gasteiger partial charge on any atom is 0.251 e. The predicted molar refractivity (Wildman–Crippen MR) is 141 cm³/mol. The lowest BCUT2D eigenvalue weighted by Crippen LogP contribution is -2.24. The van der Waals surface area contributed by atoms with Crippen LogP contribution < -0.4 is 19.5 Å². The third kappa shape index (κ3) is 5.97. The van der Waals surface area contributed by atoms with Gasteiger partial charge in [-0.3, -0.25) is 4.79 Å². The van der Waals surface area contributed by atoms with Crippen LogP contribution in [0.4, 0.5) is 0 Å². The number of amides is 1. The van der Waals surface area contributed by atoms with Gasteiger partial charge in [0, 0.05) is 25.1 Å². The lowest BCUT2D eigenvalue weighted by atomic mass is 10.1. The molecule has 3 aromatic carbocycles. The third-order valence-electron chi connectivity index (χ3n) is 6.24. The topological polar surface area (TPSA) is 74.6 Å². The molecule has 0 spiro atoms. The van der Waals surface area contributed by atoms with Gasteiger partial charge in [-0.05, 0) is 60.9 Å². The second-order valence-electron chi connectivity index (χ2n) is 8.59. The van der Waals surface area contributed by atoms with Gasteiger partial charge in [0.1, 0.15) is 11.6 Å². The minimum atomic E-state index is -0.114. The molecule has 0 radical (unpaired) electrons. The molecule has 7 nitrogen and oxygen atoms in total. The summed E-state index contributed by atoms with van der Waals surface area (Å²) in [5, 5.41) is 2.99. The molecule has 1 aromatic heterocycles. The number of carbonyl (C=O) groups excluding carboxylic acids is 1. The highest BCUT2D eigenvalue weighted by molar-refractivity contribution is 5.94. The van der Waals surface area contributed by atoms with Crippen molar-refractivity contribution in [2.24, 2.45) is 0 Å². The van der Waals surface area contributed by atoms with E-state index in [1.54, 1.807) is 39.5 Å². The Morgan fingerprint density at radius 3 is 2.39 bits per heavy atom. The summed E-state index contributed by atoms with van der Waals surface area (Å²) in [7, 11) is 4.81. The summed E-state index contributed by atoms with van der Waals surface area (Å²) >= 11 is 0. The number of benzene rings is 3. The standard InChI is InChI=1S/C29H33N3O4/c1-34-23-15-12-21(13-16-23)20-32-25-10-7-6-9-24(25)31-28(32)11-5-4-8-18-30-29(33)22-14-17-26(35-2)27(19-22)36-3/h6-7,9-10,12-17,19H,4-5,8,11,18,20H2,1-3H3,(H,30,33). The van der Waals surface area contributed by atoms with Crippen LogP contribution in [0.25, 0.3) is 11.0 Å². The van der Waals surface area contributed by atoms with E-state index in [0.717, 1.165) is 54.8 Å². The molecule has 1 amide bonds. The first-order valence-electron chi connectivity index (χ1n) is 12.2. The highest BCUT2D eigenvalue weighted by Gasteiger charge is 2.12. The summed E-state index contributed by atoms with van der Waals surface area (Å²) in [5.41, 5.74) is 3.92. The number of unbranched alkanes of at least 4 members (excludes halogenated alkanes) is 2. The molecule has 0 aliphatic rings. The van der Waals surface area contributed by atoms with Crippen LogP contribution in [-0.4, -0.2) is 43.3 Å². The van der Waals surface area contributed by atoms with E-state index in [1.807, 2.05) is 18.2 Å². The Kier molecular flexibility index (Phi) is 8.44. The number of hydrogen-bond donors (Lipinski definition) is 1. The minimum Gasteiger partial charge on any atom is -0.497 e. The van der Waals surface area contributed by atoms with Gasteiger partial charge >= 0.3 is 0 Å². The first-order chi connectivity index (χ1) is 17.6. The van der Waals surface area contributed by atoms with Crippen LogP contribution in [0.15, 0.2) is 66.7 Å². The number of carbonyl (C=O) groups is 1. The molecular formula is C29H33N3O4. The van der Waals surface area contributed by atoms with Crippen molar-refractivity contribution in [3.8, 4) is 17.2 Å². The van der Waals surface area contributed by atoms with Crippen LogP contribution in [0.2, 0.25) is 0 Å². The van der Waals surface area contributed by atoms with Gasteiger partial charge < -0.3 is 24.1 Å². The number of imidazole rings is 1. The van der Waals surface area contributed by atoms with Crippen LogP contribution in [-0.2, 0) is 13.0 Å². The van der Waals surface area contributed by atoms with Crippen LogP contribution >= 0.6 is 0 Å². The first kappa shape index (κ1) is 25.1. The molecule has 0 saturated heterocycles. The van der Waals surface area contributed by atoms with Crippen molar-refractivity contribution < 1.29 is 19.0 Å². The third-order valence-corrected chi connectivity index (χ3v) is 6.24. The molecule has 0 bridgehead atoms. The highest BCUT2D eigenvalue weighted by Crippen LogP contribution is 2.27. The van der Waals surface area contributed by atoms with Crippen LogP contribution in [0.1, 0.15) is 41.0 Å². The first-order valence-corrected chi connectivity index (χ1v) is 12.2. The zero-order valence-electron chi connectivity index (χ0n) is 21.1. The molecule has 7 heteroatoms. The predicted octanol–water partition coefficient (Wildman–Crippen LogP) is 5.25. The number of nitrogens with zero attached hydrogens (tertiary/aromatic N) is 2. The van der Waals surface area contributed by atoms with E-state index >= 15 is 0 Å². The number of fused-ring (bicyclic) bond motifs is 1. The zero-order valence-corrected chi connectivity index (χ0v) is 21.1. The fraction of sp³-hybridized carbons (Fsp3) is 0.310. The van der Waals surface area contributed by atoms with Crippen molar-refractivity contribution in [3.63, 3.8) is 0 Å². The van der Waals surface area contributed by atoms with Gasteiger partial charge in [-0.25, -0.2) is 4.98 Å². The number of nitrogens with one attached hydrogen (secondary N) is 1. The average Bonchev–Trinajstić information content (AvgIpc) is 3.27. The van der Waals surface area contributed by atoms with E-state index in [2.05, 4.69) is 40.2 Å². The number of rotatable bonds is 12. The van der Waals surface area contributed by atoms with Gasteiger partial charge in [0.2, 0.25) is 0 Å². The van der Waals surface area contributed by atoms with E-state index in [1.165, 1.54) is 5.56 Å². The van der Waals surface area contributed by atoms with Crippen LogP contribution in [0.3, 0.4) is 0 Å². The van der Waals surface area contributed by atoms with Crippen molar-refractivity contribution in [1.82, 2.24) is 14.9 Å². The molecule has 0 aliphatic carbocycles. The number of aromatic nitrogens is 2. The monoisotopic (exact) mass is 487 g/mol. The van der Waals surface area contributed by atoms with Crippen molar-refractivity contribution in [2.45, 2.75) is 32.2 Å². The van der Waals surface area contributed by atoms with Crippen LogP contribution in [0, 0.1) is 0 Å². The Morgan fingerprint density at radius 2 is 1.64 bits per heavy atom. The summed E-state index contributed by atoms with van der Waals surface area (Å²) in [6, 6.07) is 21.6. The van der Waals surface area contributed by atoms with E-state index in [-0.39, 0.29) is 5.91 Å². The molecule has 0 unspecified atom stereocenters. The minimum absolute atomic E-state index is 0.114. The maximum absolute atomic E-state index is 12.5. The Morgan fingerprint density at radius 1 is 0.861 bits per heavy atom. The molecule has 0 saturated carbocycles. The number of hydrogen-bond acceptors (Lipinski definition) is 5. The Bertz CT molecular complexity index is 1300. The lowest BCUT2D eigenvalue weighted by Gasteiger charge is -2.11. The van der Waals surface area contributed by atoms with Crippen molar-refractivity contribution in [3.05, 3.63) is 83.7 Å². The summed E-state index contributed by atoms with van der Waals surface area (Å²) in [4.78, 5) is 17.4. The number of methoxy groups -OCH3 is 3. The normalized spacial score (nSPS) is 10.9. The van der Waals surface area contributed by atoms with Gasteiger partial charge in [-0.15, -0.1) is 0 Å². The van der Waals surface area contributed by atoms with Gasteiger partial charge in [0.15, 0.2) is 11.5 Å². The van der Waals surface area contributed by atoms with Gasteiger partial charge in [-0.1, -0.05) is 30.7 Å². The number of aryl methyl sites for hydroxylation is 1. The number of ether oxygens (including phenoxy) is 3. The molecule has 0 fully saturated rings. The summed E-state index contributed by atoms with van der Waals surface area (Å²) in [5.74, 6) is 2.97. The highest BCUT2D eigenvalue weighted by atomic mass is 16.5. The smallest absolute Gasteiger partial charge is 0.251 e. The van der Waals surface area contributed by atoms with Gasteiger partial charge in [0.05, 0.1) is 32.4 Å². The molecule has 188 valence electrons. The Hall–Kier alpha value is -4.00. The fourth-order valence-electron chi connectivity index (χ4n) is 4.27. The van der Waals surface area contributed by atoms with E-state index in [9.17, 15) is 4.79 Å². The van der Waals surface area contributed by atoms with E-state index < -0.39 is 0 Å². The van der Waals surface area contributed by atoms with Crippen molar-refractivity contribution in [1.29, 1.82) is 0 Å². The zero-order chi connectivity index (χ0) is 25.3. The van der Waals surface area contributed by atoms with Gasteiger partial charge in [0.25, 0.3) is 5.91 Å². The van der Waals surface area contributed by atoms with Crippen molar-refractivity contribution >= 4 is 16.9 Å². The Balaban J connectivity index is 1.30. The summed E-state index contributed by atoms with van der Waals surface area (Å²) in [6.07, 6.45) is 3.78.